The Morgan fingerprint density at radius 1 is 1.50 bits per heavy atom. The first kappa shape index (κ1) is 14.6. The minimum atomic E-state index is -0.870. The highest BCUT2D eigenvalue weighted by atomic mass is 79.9. The van der Waals surface area contributed by atoms with Gasteiger partial charge in [0.15, 0.2) is 0 Å². The van der Waals surface area contributed by atoms with Crippen LogP contribution in [-0.4, -0.2) is 31.8 Å². The van der Waals surface area contributed by atoms with Gasteiger partial charge in [0.05, 0.1) is 23.6 Å². The SMILES string of the molecule is COCC1COC(CBr)(c2ccc(Cl)cc2Cl)O1. The topological polar surface area (TPSA) is 27.7 Å². The molecule has 0 radical (unpaired) electrons. The molecule has 1 fully saturated rings. The second kappa shape index (κ2) is 6.07. The Morgan fingerprint density at radius 2 is 2.28 bits per heavy atom. The van der Waals surface area contributed by atoms with E-state index in [0.29, 0.717) is 28.6 Å². The largest absolute Gasteiger partial charge is 0.382 e. The van der Waals surface area contributed by atoms with Gasteiger partial charge in [-0.1, -0.05) is 45.2 Å². The summed E-state index contributed by atoms with van der Waals surface area (Å²) in [5, 5.41) is 1.60. The summed E-state index contributed by atoms with van der Waals surface area (Å²) in [7, 11) is 1.63. The van der Waals surface area contributed by atoms with Gasteiger partial charge < -0.3 is 14.2 Å². The molecule has 0 bridgehead atoms. The van der Waals surface area contributed by atoms with Crippen LogP contribution >= 0.6 is 39.1 Å². The van der Waals surface area contributed by atoms with Gasteiger partial charge in [0.25, 0.3) is 0 Å². The van der Waals surface area contributed by atoms with Gasteiger partial charge >= 0.3 is 0 Å². The number of ether oxygens (including phenoxy) is 3. The molecule has 1 aliphatic heterocycles. The molecule has 2 rings (SSSR count). The van der Waals surface area contributed by atoms with Crippen LogP contribution < -0.4 is 0 Å². The molecule has 1 heterocycles. The molecule has 0 aliphatic carbocycles. The summed E-state index contributed by atoms with van der Waals surface area (Å²) in [5.74, 6) is -0.870. The predicted molar refractivity (Wildman–Crippen MR) is 74.6 cm³/mol. The number of hydrogen-bond donors (Lipinski definition) is 0. The Balaban J connectivity index is 2.28. The molecule has 6 heteroatoms. The lowest BCUT2D eigenvalue weighted by Gasteiger charge is -2.27. The summed E-state index contributed by atoms with van der Waals surface area (Å²) in [6.45, 7) is 0.957. The van der Waals surface area contributed by atoms with Crippen molar-refractivity contribution in [3.05, 3.63) is 33.8 Å². The molecule has 0 aromatic heterocycles. The van der Waals surface area contributed by atoms with Gasteiger partial charge in [-0.2, -0.15) is 0 Å². The van der Waals surface area contributed by atoms with Crippen molar-refractivity contribution in [2.45, 2.75) is 11.9 Å². The second-order valence-electron chi connectivity index (χ2n) is 4.02. The maximum atomic E-state index is 6.21. The van der Waals surface area contributed by atoms with E-state index >= 15 is 0 Å². The van der Waals surface area contributed by atoms with E-state index < -0.39 is 5.79 Å². The third-order valence-corrected chi connectivity index (χ3v) is 4.02. The molecule has 1 aromatic rings. The van der Waals surface area contributed by atoms with Crippen molar-refractivity contribution in [2.75, 3.05) is 25.7 Å². The van der Waals surface area contributed by atoms with E-state index in [4.69, 9.17) is 37.4 Å². The van der Waals surface area contributed by atoms with Crippen LogP contribution in [0, 0.1) is 0 Å². The fourth-order valence-electron chi connectivity index (χ4n) is 1.91. The van der Waals surface area contributed by atoms with Crippen LogP contribution in [0.1, 0.15) is 5.56 Å². The standard InChI is InChI=1S/C12H13BrCl2O3/c1-16-5-9-6-17-12(7-13,18-9)10-3-2-8(14)4-11(10)15/h2-4,9H,5-7H2,1H3. The zero-order chi connectivity index (χ0) is 13.2. The molecular formula is C12H13BrCl2O3. The number of halogens is 3. The Morgan fingerprint density at radius 3 is 2.89 bits per heavy atom. The average Bonchev–Trinajstić information content (AvgIpc) is 2.74. The monoisotopic (exact) mass is 354 g/mol. The van der Waals surface area contributed by atoms with Gasteiger partial charge in [-0.15, -0.1) is 0 Å². The molecule has 2 atom stereocenters. The van der Waals surface area contributed by atoms with E-state index in [1.807, 2.05) is 6.07 Å². The summed E-state index contributed by atoms with van der Waals surface area (Å²) in [6.07, 6.45) is -0.0979. The first-order valence-electron chi connectivity index (χ1n) is 5.43. The average molecular weight is 356 g/mol. The smallest absolute Gasteiger partial charge is 0.206 e. The van der Waals surface area contributed by atoms with Crippen LogP contribution in [0.5, 0.6) is 0 Å². The van der Waals surface area contributed by atoms with Gasteiger partial charge in [-0.05, 0) is 12.1 Å². The molecule has 1 aromatic carbocycles. The van der Waals surface area contributed by atoms with E-state index in [1.165, 1.54) is 0 Å². The van der Waals surface area contributed by atoms with Crippen LogP contribution in [0.25, 0.3) is 0 Å². The van der Waals surface area contributed by atoms with Crippen molar-refractivity contribution in [3.63, 3.8) is 0 Å². The first-order valence-corrected chi connectivity index (χ1v) is 7.31. The lowest BCUT2D eigenvalue weighted by atomic mass is 10.1. The first-order chi connectivity index (χ1) is 8.61. The highest BCUT2D eigenvalue weighted by molar-refractivity contribution is 9.09. The summed E-state index contributed by atoms with van der Waals surface area (Å²) in [6, 6.07) is 5.27. The molecule has 0 saturated carbocycles. The highest BCUT2D eigenvalue weighted by Gasteiger charge is 2.43. The third kappa shape index (κ3) is 2.84. The summed E-state index contributed by atoms with van der Waals surface area (Å²) in [4.78, 5) is 0. The van der Waals surface area contributed by atoms with Crippen LogP contribution in [0.4, 0.5) is 0 Å². The second-order valence-corrected chi connectivity index (χ2v) is 5.42. The minimum Gasteiger partial charge on any atom is -0.382 e. The number of rotatable bonds is 4. The maximum Gasteiger partial charge on any atom is 0.206 e. The van der Waals surface area contributed by atoms with Crippen molar-refractivity contribution in [1.82, 2.24) is 0 Å². The number of benzene rings is 1. The molecule has 3 nitrogen and oxygen atoms in total. The molecule has 1 aliphatic rings. The quantitative estimate of drug-likeness (QED) is 0.772. The third-order valence-electron chi connectivity index (χ3n) is 2.73. The van der Waals surface area contributed by atoms with Crippen molar-refractivity contribution in [2.24, 2.45) is 0 Å². The maximum absolute atomic E-state index is 6.21. The molecule has 2 unspecified atom stereocenters. The molecule has 0 spiro atoms. The van der Waals surface area contributed by atoms with Crippen molar-refractivity contribution in [3.8, 4) is 0 Å². The van der Waals surface area contributed by atoms with Gasteiger partial charge in [0, 0.05) is 17.7 Å². The Labute approximate surface area is 124 Å². The van der Waals surface area contributed by atoms with Crippen LogP contribution in [0.2, 0.25) is 10.0 Å². The minimum absolute atomic E-state index is 0.0979. The Kier molecular flexibility index (Phi) is 4.92. The van der Waals surface area contributed by atoms with Crippen molar-refractivity contribution >= 4 is 39.1 Å². The molecule has 100 valence electrons. The normalized spacial score (nSPS) is 27.7. The Bertz CT molecular complexity index is 430. The van der Waals surface area contributed by atoms with Crippen molar-refractivity contribution < 1.29 is 14.2 Å². The number of alkyl halides is 1. The van der Waals surface area contributed by atoms with Crippen LogP contribution in [0.3, 0.4) is 0 Å². The molecule has 1 saturated heterocycles. The fraction of sp³-hybridized carbons (Fsp3) is 0.500. The van der Waals surface area contributed by atoms with Crippen LogP contribution in [0.15, 0.2) is 18.2 Å². The van der Waals surface area contributed by atoms with E-state index in [9.17, 15) is 0 Å². The molecular weight excluding hydrogens is 343 g/mol. The lowest BCUT2D eigenvalue weighted by molar-refractivity contribution is -0.161. The van der Waals surface area contributed by atoms with E-state index in [-0.39, 0.29) is 6.10 Å². The summed E-state index contributed by atoms with van der Waals surface area (Å²) < 4.78 is 16.8. The molecule has 0 amide bonds. The van der Waals surface area contributed by atoms with Gasteiger partial charge in [0.1, 0.15) is 6.10 Å². The summed E-state index contributed by atoms with van der Waals surface area (Å²) in [5.41, 5.74) is 0.768. The molecule has 0 N–H and O–H groups in total. The number of hydrogen-bond acceptors (Lipinski definition) is 3. The lowest BCUT2D eigenvalue weighted by Crippen LogP contribution is -2.31. The molecule has 18 heavy (non-hydrogen) atoms. The number of methoxy groups -OCH3 is 1. The predicted octanol–water partition coefficient (Wildman–Crippen LogP) is 3.60. The van der Waals surface area contributed by atoms with E-state index in [2.05, 4.69) is 15.9 Å². The highest BCUT2D eigenvalue weighted by Crippen LogP contribution is 2.40. The van der Waals surface area contributed by atoms with E-state index in [1.54, 1.807) is 19.2 Å². The van der Waals surface area contributed by atoms with E-state index in [0.717, 1.165) is 5.56 Å². The van der Waals surface area contributed by atoms with Gasteiger partial charge in [0.2, 0.25) is 5.79 Å². The van der Waals surface area contributed by atoms with Gasteiger partial charge in [-0.25, -0.2) is 0 Å². The van der Waals surface area contributed by atoms with Crippen molar-refractivity contribution in [1.29, 1.82) is 0 Å². The zero-order valence-corrected chi connectivity index (χ0v) is 12.9. The fourth-order valence-corrected chi connectivity index (χ4v) is 3.06. The van der Waals surface area contributed by atoms with Crippen LogP contribution in [-0.2, 0) is 20.0 Å². The Hall–Kier alpha value is 0.160. The zero-order valence-electron chi connectivity index (χ0n) is 9.79. The summed E-state index contributed by atoms with van der Waals surface area (Å²) >= 11 is 15.5. The van der Waals surface area contributed by atoms with Gasteiger partial charge in [-0.3, -0.25) is 0 Å².